The molecular formula is C24H30N2O2. The summed E-state index contributed by atoms with van der Waals surface area (Å²) in [6.07, 6.45) is 6.77. The van der Waals surface area contributed by atoms with E-state index in [4.69, 9.17) is 4.74 Å². The molecule has 1 unspecified atom stereocenters. The minimum absolute atomic E-state index is 0.0651. The highest BCUT2D eigenvalue weighted by molar-refractivity contribution is 5.96. The van der Waals surface area contributed by atoms with E-state index in [-0.39, 0.29) is 5.91 Å². The maximum absolute atomic E-state index is 11.8. The molecule has 2 aromatic carbocycles. The number of amides is 1. The van der Waals surface area contributed by atoms with Gasteiger partial charge in [-0.1, -0.05) is 24.3 Å². The quantitative estimate of drug-likeness (QED) is 0.724. The number of nitrogens with one attached hydrogen (secondary N) is 2. The molecule has 1 aliphatic carbocycles. The van der Waals surface area contributed by atoms with Crippen molar-refractivity contribution < 1.29 is 9.53 Å². The Balaban J connectivity index is 1.27. The Hall–Kier alpha value is -2.33. The number of rotatable bonds is 7. The number of fused-ring (bicyclic) bond motifs is 2. The molecule has 2 aliphatic rings. The van der Waals surface area contributed by atoms with E-state index >= 15 is 0 Å². The van der Waals surface area contributed by atoms with Gasteiger partial charge in [-0.25, -0.2) is 0 Å². The number of carbonyl (C=O) groups is 1. The van der Waals surface area contributed by atoms with Crippen LogP contribution >= 0.6 is 0 Å². The SMILES string of the molecule is COc1cccc2c1CCCC2CCNCCc1ccc2c(c1)CCNC2=O. The van der Waals surface area contributed by atoms with Gasteiger partial charge in [0.25, 0.3) is 5.91 Å². The van der Waals surface area contributed by atoms with Crippen LogP contribution in [0, 0.1) is 0 Å². The fourth-order valence-electron chi connectivity index (χ4n) is 4.68. The second-order valence-electron chi connectivity index (χ2n) is 7.90. The van der Waals surface area contributed by atoms with Crippen molar-refractivity contribution in [2.45, 2.75) is 44.4 Å². The number of hydrogen-bond acceptors (Lipinski definition) is 3. The topological polar surface area (TPSA) is 50.4 Å². The molecule has 1 aliphatic heterocycles. The minimum atomic E-state index is 0.0651. The summed E-state index contributed by atoms with van der Waals surface area (Å²) in [7, 11) is 1.77. The highest BCUT2D eigenvalue weighted by Crippen LogP contribution is 2.38. The van der Waals surface area contributed by atoms with Gasteiger partial charge in [-0.05, 0) is 91.9 Å². The first kappa shape index (κ1) is 19.0. The van der Waals surface area contributed by atoms with Gasteiger partial charge in [0, 0.05) is 12.1 Å². The third-order valence-electron chi connectivity index (χ3n) is 6.16. The molecule has 2 N–H and O–H groups in total. The predicted molar refractivity (Wildman–Crippen MR) is 112 cm³/mol. The molecule has 0 radical (unpaired) electrons. The van der Waals surface area contributed by atoms with Gasteiger partial charge < -0.3 is 15.4 Å². The van der Waals surface area contributed by atoms with Gasteiger partial charge in [0.1, 0.15) is 5.75 Å². The van der Waals surface area contributed by atoms with Crippen LogP contribution in [-0.2, 0) is 19.3 Å². The zero-order valence-electron chi connectivity index (χ0n) is 16.7. The second-order valence-corrected chi connectivity index (χ2v) is 7.90. The summed E-state index contributed by atoms with van der Waals surface area (Å²) >= 11 is 0. The van der Waals surface area contributed by atoms with Crippen molar-refractivity contribution in [1.82, 2.24) is 10.6 Å². The summed E-state index contributed by atoms with van der Waals surface area (Å²) in [6.45, 7) is 2.76. The maximum atomic E-state index is 11.8. The molecule has 0 fully saturated rings. The molecular weight excluding hydrogens is 348 g/mol. The van der Waals surface area contributed by atoms with E-state index in [1.54, 1.807) is 7.11 Å². The van der Waals surface area contributed by atoms with Gasteiger partial charge in [0.15, 0.2) is 0 Å². The lowest BCUT2D eigenvalue weighted by molar-refractivity contribution is 0.0946. The Morgan fingerprint density at radius 1 is 1.18 bits per heavy atom. The van der Waals surface area contributed by atoms with E-state index < -0.39 is 0 Å². The zero-order valence-corrected chi connectivity index (χ0v) is 16.7. The lowest BCUT2D eigenvalue weighted by atomic mass is 9.80. The third-order valence-corrected chi connectivity index (χ3v) is 6.16. The molecule has 28 heavy (non-hydrogen) atoms. The molecule has 0 saturated carbocycles. The Morgan fingerprint density at radius 3 is 3.00 bits per heavy atom. The van der Waals surface area contributed by atoms with Crippen molar-refractivity contribution in [3.05, 3.63) is 64.2 Å². The van der Waals surface area contributed by atoms with E-state index in [9.17, 15) is 4.79 Å². The number of carbonyl (C=O) groups excluding carboxylic acids is 1. The monoisotopic (exact) mass is 378 g/mol. The second kappa shape index (κ2) is 8.78. The first-order valence-corrected chi connectivity index (χ1v) is 10.5. The minimum Gasteiger partial charge on any atom is -0.496 e. The van der Waals surface area contributed by atoms with Crippen molar-refractivity contribution in [1.29, 1.82) is 0 Å². The largest absolute Gasteiger partial charge is 0.496 e. The average molecular weight is 379 g/mol. The summed E-state index contributed by atoms with van der Waals surface area (Å²) in [5.41, 5.74) is 6.25. The Kier molecular flexibility index (Phi) is 5.96. The van der Waals surface area contributed by atoms with Crippen molar-refractivity contribution in [2.75, 3.05) is 26.7 Å². The zero-order chi connectivity index (χ0) is 19.3. The van der Waals surface area contributed by atoms with E-state index in [0.29, 0.717) is 5.92 Å². The lowest BCUT2D eigenvalue weighted by Crippen LogP contribution is -2.31. The fourth-order valence-corrected chi connectivity index (χ4v) is 4.68. The Bertz CT molecular complexity index is 846. The fraction of sp³-hybridized carbons (Fsp3) is 0.458. The first-order valence-electron chi connectivity index (χ1n) is 10.5. The predicted octanol–water partition coefficient (Wildman–Crippen LogP) is 3.62. The third kappa shape index (κ3) is 4.07. The molecule has 1 atom stereocenters. The molecule has 4 heteroatoms. The highest BCUT2D eigenvalue weighted by Gasteiger charge is 2.22. The molecule has 0 spiro atoms. The van der Waals surface area contributed by atoms with Crippen molar-refractivity contribution in [3.8, 4) is 5.75 Å². The van der Waals surface area contributed by atoms with Crippen LogP contribution in [0.5, 0.6) is 5.75 Å². The van der Waals surface area contributed by atoms with Crippen LogP contribution in [-0.4, -0.2) is 32.7 Å². The van der Waals surface area contributed by atoms with Gasteiger partial charge in [-0.3, -0.25) is 4.79 Å². The molecule has 148 valence electrons. The van der Waals surface area contributed by atoms with Gasteiger partial charge in [0.05, 0.1) is 7.11 Å². The van der Waals surface area contributed by atoms with Crippen LogP contribution in [0.2, 0.25) is 0 Å². The summed E-state index contributed by atoms with van der Waals surface area (Å²) in [6, 6.07) is 12.8. The Morgan fingerprint density at radius 2 is 2.11 bits per heavy atom. The van der Waals surface area contributed by atoms with Gasteiger partial charge in [-0.2, -0.15) is 0 Å². The lowest BCUT2D eigenvalue weighted by Gasteiger charge is -2.27. The van der Waals surface area contributed by atoms with Crippen molar-refractivity contribution in [3.63, 3.8) is 0 Å². The molecule has 4 nitrogen and oxygen atoms in total. The van der Waals surface area contributed by atoms with Crippen LogP contribution in [0.3, 0.4) is 0 Å². The van der Waals surface area contributed by atoms with Gasteiger partial charge in [0.2, 0.25) is 0 Å². The first-order chi connectivity index (χ1) is 13.8. The van der Waals surface area contributed by atoms with Crippen LogP contribution in [0.4, 0.5) is 0 Å². The highest BCUT2D eigenvalue weighted by atomic mass is 16.5. The van der Waals surface area contributed by atoms with E-state index in [0.717, 1.165) is 50.2 Å². The summed E-state index contributed by atoms with van der Waals surface area (Å²) in [5.74, 6) is 1.75. The molecule has 1 heterocycles. The maximum Gasteiger partial charge on any atom is 0.251 e. The molecule has 0 bridgehead atoms. The average Bonchev–Trinajstić information content (AvgIpc) is 2.73. The number of hydrogen-bond donors (Lipinski definition) is 2. The van der Waals surface area contributed by atoms with E-state index in [1.165, 1.54) is 41.5 Å². The van der Waals surface area contributed by atoms with Gasteiger partial charge >= 0.3 is 0 Å². The van der Waals surface area contributed by atoms with Crippen LogP contribution in [0.25, 0.3) is 0 Å². The van der Waals surface area contributed by atoms with Crippen LogP contribution in [0.15, 0.2) is 36.4 Å². The Labute approximate surface area is 167 Å². The van der Waals surface area contributed by atoms with Gasteiger partial charge in [-0.15, -0.1) is 0 Å². The number of methoxy groups -OCH3 is 1. The normalized spacial score (nSPS) is 18.2. The van der Waals surface area contributed by atoms with Crippen LogP contribution < -0.4 is 15.4 Å². The van der Waals surface area contributed by atoms with Crippen molar-refractivity contribution in [2.24, 2.45) is 0 Å². The van der Waals surface area contributed by atoms with Crippen LogP contribution in [0.1, 0.15) is 57.8 Å². The molecule has 0 aromatic heterocycles. The number of benzene rings is 2. The molecule has 2 aromatic rings. The van der Waals surface area contributed by atoms with Crippen molar-refractivity contribution >= 4 is 5.91 Å². The summed E-state index contributed by atoms with van der Waals surface area (Å²) in [5, 5.41) is 6.52. The summed E-state index contributed by atoms with van der Waals surface area (Å²) < 4.78 is 5.56. The van der Waals surface area contributed by atoms with E-state index in [2.05, 4.69) is 41.0 Å². The van der Waals surface area contributed by atoms with E-state index in [1.807, 2.05) is 6.07 Å². The smallest absolute Gasteiger partial charge is 0.251 e. The molecule has 1 amide bonds. The molecule has 4 rings (SSSR count). The number of ether oxygens (including phenoxy) is 1. The standard InChI is InChI=1S/C24H30N2O2/c1-28-23-7-3-5-20-18(4-2-6-22(20)23)11-14-25-13-10-17-8-9-21-19(16-17)12-15-26-24(21)27/h3,5,7-9,16,18,25H,2,4,6,10-15H2,1H3,(H,26,27). The summed E-state index contributed by atoms with van der Waals surface area (Å²) in [4.78, 5) is 11.8. The molecule has 0 saturated heterocycles.